The molecule has 1 aliphatic heterocycles. The molecule has 34 heavy (non-hydrogen) atoms. The Morgan fingerprint density at radius 3 is 2.59 bits per heavy atom. The molecule has 0 amide bonds. The molecular formula is C21H32Cl3N6O2PS. The Hall–Kier alpha value is -0.770. The van der Waals surface area contributed by atoms with Gasteiger partial charge in [-0.1, -0.05) is 35.5 Å². The quantitative estimate of drug-likeness (QED) is 0.113. The van der Waals surface area contributed by atoms with E-state index in [0.717, 1.165) is 47.8 Å². The number of amidine groups is 1. The van der Waals surface area contributed by atoms with Crippen molar-refractivity contribution in [3.63, 3.8) is 0 Å². The Balaban J connectivity index is 0.000000257. The van der Waals surface area contributed by atoms with Crippen LogP contribution in [0, 0.1) is 0 Å². The highest BCUT2D eigenvalue weighted by atomic mass is 35.5. The molecule has 1 saturated heterocycles. The predicted molar refractivity (Wildman–Crippen MR) is 145 cm³/mol. The van der Waals surface area contributed by atoms with Crippen LogP contribution < -0.4 is 10.8 Å². The first-order chi connectivity index (χ1) is 16.5. The van der Waals surface area contributed by atoms with Gasteiger partial charge in [-0.25, -0.2) is 14.7 Å². The summed E-state index contributed by atoms with van der Waals surface area (Å²) in [5.74, 6) is 1.80. The average Bonchev–Trinajstić information content (AvgIpc) is 3.36. The number of rotatable bonds is 11. The van der Waals surface area contributed by atoms with Crippen LogP contribution in [0.5, 0.6) is 0 Å². The molecule has 0 aliphatic carbocycles. The standard InChI is InChI=1S/C14H17ClN4S.C7H15Cl2N2O2P/c15-12-5-3-11(4-6-12)8-18-14(16)20-7-1-2-13-9-17-10-19-13;8-2-5-11(6-3-9)14(12)10-4-1-7-13-14/h3-6,9-10H,1-2,7-8H2,(H2,16,18)(H,17,19);1-7H2,(H,10,12). The molecule has 2 aromatic rings. The monoisotopic (exact) mass is 568 g/mol. The number of imidazole rings is 1. The molecular weight excluding hydrogens is 538 g/mol. The number of nitrogens with one attached hydrogen (secondary N) is 2. The lowest BCUT2D eigenvalue weighted by molar-refractivity contribution is 0.233. The molecule has 1 unspecified atom stereocenters. The van der Waals surface area contributed by atoms with Gasteiger partial charge in [-0.15, -0.1) is 23.2 Å². The summed E-state index contributed by atoms with van der Waals surface area (Å²) in [4.78, 5) is 11.4. The van der Waals surface area contributed by atoms with E-state index in [4.69, 9.17) is 45.1 Å². The zero-order valence-corrected chi connectivity index (χ0v) is 22.9. The number of nitrogens with two attached hydrogens (primary N) is 1. The summed E-state index contributed by atoms with van der Waals surface area (Å²) in [7, 11) is -2.84. The van der Waals surface area contributed by atoms with E-state index < -0.39 is 7.67 Å². The summed E-state index contributed by atoms with van der Waals surface area (Å²) in [6.45, 7) is 2.90. The van der Waals surface area contributed by atoms with Crippen LogP contribution in [0.15, 0.2) is 41.8 Å². The number of H-pyrrole nitrogens is 1. The summed E-state index contributed by atoms with van der Waals surface area (Å²) in [6, 6.07) is 7.64. The molecule has 1 fully saturated rings. The maximum atomic E-state index is 12.2. The molecule has 0 bridgehead atoms. The molecule has 0 spiro atoms. The van der Waals surface area contributed by atoms with Crippen molar-refractivity contribution in [3.8, 4) is 0 Å². The van der Waals surface area contributed by atoms with Crippen molar-refractivity contribution in [3.05, 3.63) is 53.1 Å². The molecule has 1 aromatic heterocycles. The van der Waals surface area contributed by atoms with E-state index in [2.05, 4.69) is 20.0 Å². The first kappa shape index (κ1) is 29.5. The highest BCUT2D eigenvalue weighted by Crippen LogP contribution is 2.48. The lowest BCUT2D eigenvalue weighted by Gasteiger charge is -2.33. The maximum absolute atomic E-state index is 12.2. The first-order valence-electron chi connectivity index (χ1n) is 11.0. The summed E-state index contributed by atoms with van der Waals surface area (Å²) < 4.78 is 19.2. The van der Waals surface area contributed by atoms with Gasteiger partial charge in [0.1, 0.15) is 0 Å². The molecule has 4 N–H and O–H groups in total. The van der Waals surface area contributed by atoms with Crippen LogP contribution in [0.1, 0.15) is 24.1 Å². The van der Waals surface area contributed by atoms with E-state index in [1.807, 2.05) is 30.5 Å². The Bertz CT molecular complexity index is 873. The van der Waals surface area contributed by atoms with Crippen LogP contribution >= 0.6 is 54.2 Å². The number of hydrogen-bond acceptors (Lipinski definition) is 5. The van der Waals surface area contributed by atoms with E-state index in [1.54, 1.807) is 22.8 Å². The normalized spacial score (nSPS) is 18.5. The molecule has 13 heteroatoms. The Kier molecular flexibility index (Phi) is 14.6. The van der Waals surface area contributed by atoms with Crippen molar-refractivity contribution in [1.29, 1.82) is 0 Å². The summed E-state index contributed by atoms with van der Waals surface area (Å²) >= 11 is 18.7. The molecule has 190 valence electrons. The molecule has 8 nitrogen and oxygen atoms in total. The van der Waals surface area contributed by atoms with Gasteiger partial charge in [-0.3, -0.25) is 9.56 Å². The Morgan fingerprint density at radius 1 is 1.26 bits per heavy atom. The number of hydrogen-bond donors (Lipinski definition) is 3. The summed E-state index contributed by atoms with van der Waals surface area (Å²) in [5, 5.41) is 4.27. The van der Waals surface area contributed by atoms with Crippen molar-refractivity contribution in [2.45, 2.75) is 25.8 Å². The fourth-order valence-electron chi connectivity index (χ4n) is 2.94. The highest BCUT2D eigenvalue weighted by molar-refractivity contribution is 8.13. The van der Waals surface area contributed by atoms with Gasteiger partial charge in [0.2, 0.25) is 0 Å². The van der Waals surface area contributed by atoms with E-state index >= 15 is 0 Å². The minimum absolute atomic E-state index is 0.423. The van der Waals surface area contributed by atoms with Crippen molar-refractivity contribution in [1.82, 2.24) is 19.7 Å². The number of aryl methyl sites for hydroxylation is 1. The van der Waals surface area contributed by atoms with Gasteiger partial charge in [0.25, 0.3) is 0 Å². The number of thioether (sulfide) groups is 1. The van der Waals surface area contributed by atoms with Crippen molar-refractivity contribution in [2.75, 3.05) is 43.8 Å². The third-order valence-corrected chi connectivity index (χ3v) is 8.49. The molecule has 1 aliphatic rings. The number of alkyl halides is 2. The number of nitrogens with zero attached hydrogens (tertiary/aromatic N) is 3. The SMILES string of the molecule is NC(=NCc1ccc(Cl)cc1)SCCCc1cnc[nH]1.O=P1(N(CCCl)CCCl)NCCCO1. The third kappa shape index (κ3) is 11.3. The Morgan fingerprint density at radius 2 is 2.00 bits per heavy atom. The van der Waals surface area contributed by atoms with Crippen LogP contribution in [0.2, 0.25) is 5.02 Å². The molecule has 1 atom stereocenters. The van der Waals surface area contributed by atoms with E-state index in [0.29, 0.717) is 43.2 Å². The second-order valence-electron chi connectivity index (χ2n) is 7.26. The highest BCUT2D eigenvalue weighted by Gasteiger charge is 2.32. The molecule has 0 radical (unpaired) electrons. The zero-order chi connectivity index (χ0) is 24.7. The molecule has 2 heterocycles. The fraction of sp³-hybridized carbons (Fsp3) is 0.524. The maximum Gasteiger partial charge on any atom is 0.343 e. The van der Waals surface area contributed by atoms with Gasteiger partial charge in [-0.2, -0.15) is 0 Å². The third-order valence-electron chi connectivity index (χ3n) is 4.68. The van der Waals surface area contributed by atoms with E-state index in [1.165, 1.54) is 0 Å². The summed E-state index contributed by atoms with van der Waals surface area (Å²) in [5.41, 5.74) is 8.14. The van der Waals surface area contributed by atoms with Gasteiger partial charge < -0.3 is 15.2 Å². The zero-order valence-electron chi connectivity index (χ0n) is 19.0. The van der Waals surface area contributed by atoms with Gasteiger partial charge in [0, 0.05) is 54.1 Å². The van der Waals surface area contributed by atoms with Crippen LogP contribution in [0.25, 0.3) is 0 Å². The number of benzene rings is 1. The van der Waals surface area contributed by atoms with Crippen LogP contribution in [0.3, 0.4) is 0 Å². The van der Waals surface area contributed by atoms with Gasteiger partial charge in [0.05, 0.1) is 19.5 Å². The second-order valence-corrected chi connectivity index (χ2v) is 11.7. The Labute approximate surface area is 220 Å². The van der Waals surface area contributed by atoms with Gasteiger partial charge in [-0.05, 0) is 37.0 Å². The van der Waals surface area contributed by atoms with Crippen LogP contribution in [-0.2, 0) is 22.1 Å². The molecule has 0 saturated carbocycles. The second kappa shape index (κ2) is 16.8. The fourth-order valence-corrected chi connectivity index (χ4v) is 6.37. The van der Waals surface area contributed by atoms with Crippen molar-refractivity contribution in [2.24, 2.45) is 10.7 Å². The summed E-state index contributed by atoms with van der Waals surface area (Å²) in [6.07, 6.45) is 6.47. The number of aromatic amines is 1. The number of halogens is 3. The minimum atomic E-state index is -2.84. The van der Waals surface area contributed by atoms with Crippen molar-refractivity contribution >= 4 is 59.4 Å². The largest absolute Gasteiger partial charge is 0.379 e. The lowest BCUT2D eigenvalue weighted by atomic mass is 10.2. The lowest BCUT2D eigenvalue weighted by Crippen LogP contribution is -2.35. The van der Waals surface area contributed by atoms with Gasteiger partial charge >= 0.3 is 7.67 Å². The van der Waals surface area contributed by atoms with E-state index in [9.17, 15) is 4.57 Å². The topological polar surface area (TPSA) is 109 Å². The van der Waals surface area contributed by atoms with Crippen LogP contribution in [-0.4, -0.2) is 63.6 Å². The van der Waals surface area contributed by atoms with Crippen molar-refractivity contribution < 1.29 is 9.09 Å². The number of aliphatic imine (C=N–C) groups is 1. The molecule has 1 aromatic carbocycles. The smallest absolute Gasteiger partial charge is 0.343 e. The minimum Gasteiger partial charge on any atom is -0.379 e. The average molecular weight is 570 g/mol. The first-order valence-corrected chi connectivity index (χ1v) is 15.0. The predicted octanol–water partition coefficient (Wildman–Crippen LogP) is 5.13. The van der Waals surface area contributed by atoms with E-state index in [-0.39, 0.29) is 0 Å². The van der Waals surface area contributed by atoms with Crippen LogP contribution in [0.4, 0.5) is 0 Å². The van der Waals surface area contributed by atoms with Gasteiger partial charge in [0.15, 0.2) is 5.17 Å². The number of aromatic nitrogens is 2. The molecule has 3 rings (SSSR count).